The summed E-state index contributed by atoms with van der Waals surface area (Å²) in [5.74, 6) is 2.85. The third kappa shape index (κ3) is 4.15. The van der Waals surface area contributed by atoms with Gasteiger partial charge in [-0.2, -0.15) is 0 Å². The van der Waals surface area contributed by atoms with Crippen LogP contribution in [0.3, 0.4) is 0 Å². The van der Waals surface area contributed by atoms with Gasteiger partial charge in [0.2, 0.25) is 5.91 Å². The first-order chi connectivity index (χ1) is 11.8. The average molecular weight is 334 g/mol. The number of carbonyl (C=O) groups is 1. The van der Waals surface area contributed by atoms with Crippen LogP contribution in [0, 0.1) is 0 Å². The monoisotopic (exact) mass is 334 g/mol. The van der Waals surface area contributed by atoms with E-state index in [9.17, 15) is 4.79 Å². The summed E-state index contributed by atoms with van der Waals surface area (Å²) in [5.41, 5.74) is 0. The fraction of sp³-hybridized carbons (Fsp3) is 0.833. The van der Waals surface area contributed by atoms with E-state index in [4.69, 9.17) is 4.74 Å². The highest BCUT2D eigenvalue weighted by molar-refractivity contribution is 5.76. The summed E-state index contributed by atoms with van der Waals surface area (Å²) in [6.45, 7) is 6.10. The van der Waals surface area contributed by atoms with Crippen molar-refractivity contribution in [2.75, 3.05) is 26.3 Å². The number of hydrogen-bond donors (Lipinski definition) is 0. The van der Waals surface area contributed by atoms with Crippen LogP contribution in [0.4, 0.5) is 0 Å². The molecule has 3 heterocycles. The van der Waals surface area contributed by atoms with Crippen molar-refractivity contribution in [2.24, 2.45) is 0 Å². The lowest BCUT2D eigenvalue weighted by atomic mass is 9.96. The number of hydrogen-bond acceptors (Lipinski definition) is 4. The molecule has 2 aliphatic rings. The van der Waals surface area contributed by atoms with Gasteiger partial charge in [0.15, 0.2) is 0 Å². The van der Waals surface area contributed by atoms with Gasteiger partial charge in [0.05, 0.1) is 0 Å². The van der Waals surface area contributed by atoms with Gasteiger partial charge in [0.1, 0.15) is 11.6 Å². The Balaban J connectivity index is 1.59. The third-order valence-corrected chi connectivity index (χ3v) is 5.16. The average Bonchev–Trinajstić information content (AvgIpc) is 2.87. The van der Waals surface area contributed by atoms with Crippen molar-refractivity contribution in [2.45, 2.75) is 70.8 Å². The Morgan fingerprint density at radius 3 is 3.00 bits per heavy atom. The molecular weight excluding hydrogens is 304 g/mol. The summed E-state index contributed by atoms with van der Waals surface area (Å²) in [7, 11) is 0. The second kappa shape index (κ2) is 8.60. The first kappa shape index (κ1) is 17.4. The maximum atomic E-state index is 12.4. The largest absolute Gasteiger partial charge is 0.382 e. The Bertz CT molecular complexity index is 543. The molecule has 0 spiro atoms. The summed E-state index contributed by atoms with van der Waals surface area (Å²) in [6, 6.07) is 0. The van der Waals surface area contributed by atoms with E-state index >= 15 is 0 Å². The lowest BCUT2D eigenvalue weighted by Crippen LogP contribution is -2.39. The molecule has 1 amide bonds. The second-order valence-electron chi connectivity index (χ2n) is 6.92. The molecule has 1 fully saturated rings. The van der Waals surface area contributed by atoms with E-state index in [1.165, 1.54) is 19.3 Å². The lowest BCUT2D eigenvalue weighted by molar-refractivity contribution is -0.132. The number of aryl methyl sites for hydroxylation is 1. The smallest absolute Gasteiger partial charge is 0.222 e. The highest BCUT2D eigenvalue weighted by Crippen LogP contribution is 2.28. The Hall–Kier alpha value is -1.43. The van der Waals surface area contributed by atoms with E-state index in [1.807, 2.05) is 11.8 Å². The van der Waals surface area contributed by atoms with Crippen molar-refractivity contribution in [3.63, 3.8) is 0 Å². The van der Waals surface area contributed by atoms with Crippen LogP contribution >= 0.6 is 0 Å². The SMILES string of the molecule is CCOCCCC(=O)N1CCC[C@H](c2nnc3n2CCCCC3)C1. The third-order valence-electron chi connectivity index (χ3n) is 5.16. The van der Waals surface area contributed by atoms with Crippen LogP contribution in [0.25, 0.3) is 0 Å². The fourth-order valence-corrected chi connectivity index (χ4v) is 3.85. The Morgan fingerprint density at radius 1 is 1.21 bits per heavy atom. The maximum Gasteiger partial charge on any atom is 0.222 e. The Morgan fingerprint density at radius 2 is 2.12 bits per heavy atom. The van der Waals surface area contributed by atoms with Crippen LogP contribution in [0.15, 0.2) is 0 Å². The minimum atomic E-state index is 0.259. The highest BCUT2D eigenvalue weighted by Gasteiger charge is 2.29. The molecule has 0 aliphatic carbocycles. The van der Waals surface area contributed by atoms with Gasteiger partial charge in [-0.05, 0) is 39.0 Å². The Kier molecular flexibility index (Phi) is 6.24. The molecule has 0 saturated carbocycles. The molecule has 1 aromatic heterocycles. The zero-order valence-electron chi connectivity index (χ0n) is 14.9. The summed E-state index contributed by atoms with van der Waals surface area (Å²) in [5, 5.41) is 8.92. The van der Waals surface area contributed by atoms with Gasteiger partial charge >= 0.3 is 0 Å². The zero-order chi connectivity index (χ0) is 16.8. The molecule has 2 aliphatic heterocycles. The highest BCUT2D eigenvalue weighted by atomic mass is 16.5. The van der Waals surface area contributed by atoms with Crippen molar-refractivity contribution < 1.29 is 9.53 Å². The van der Waals surface area contributed by atoms with Crippen molar-refractivity contribution in [3.8, 4) is 0 Å². The molecule has 1 aromatic rings. The summed E-state index contributed by atoms with van der Waals surface area (Å²) in [4.78, 5) is 14.5. The van der Waals surface area contributed by atoms with Crippen LogP contribution in [0.5, 0.6) is 0 Å². The molecule has 0 aromatic carbocycles. The van der Waals surface area contributed by atoms with Crippen LogP contribution in [0.2, 0.25) is 0 Å². The van der Waals surface area contributed by atoms with E-state index in [1.54, 1.807) is 0 Å². The molecule has 6 nitrogen and oxygen atoms in total. The fourth-order valence-electron chi connectivity index (χ4n) is 3.85. The molecule has 6 heteroatoms. The molecule has 3 rings (SSSR count). The summed E-state index contributed by atoms with van der Waals surface area (Å²) in [6.07, 6.45) is 8.32. The molecule has 1 saturated heterocycles. The topological polar surface area (TPSA) is 60.2 Å². The van der Waals surface area contributed by atoms with Gasteiger partial charge in [-0.3, -0.25) is 4.79 Å². The van der Waals surface area contributed by atoms with Crippen LogP contribution < -0.4 is 0 Å². The molecular formula is C18H30N4O2. The van der Waals surface area contributed by atoms with E-state index in [0.717, 1.165) is 63.6 Å². The van der Waals surface area contributed by atoms with E-state index in [0.29, 0.717) is 18.9 Å². The Labute approximate surface area is 144 Å². The van der Waals surface area contributed by atoms with Crippen molar-refractivity contribution >= 4 is 5.91 Å². The number of rotatable bonds is 6. The number of aromatic nitrogens is 3. The van der Waals surface area contributed by atoms with Gasteiger partial charge < -0.3 is 14.2 Å². The predicted octanol–water partition coefficient (Wildman–Crippen LogP) is 2.53. The number of nitrogens with zero attached hydrogens (tertiary/aromatic N) is 4. The first-order valence-corrected chi connectivity index (χ1v) is 9.57. The van der Waals surface area contributed by atoms with Crippen LogP contribution in [-0.4, -0.2) is 51.9 Å². The first-order valence-electron chi connectivity index (χ1n) is 9.57. The number of likely N-dealkylation sites (tertiary alicyclic amines) is 1. The molecule has 134 valence electrons. The van der Waals surface area contributed by atoms with E-state index in [2.05, 4.69) is 14.8 Å². The number of ether oxygens (including phenoxy) is 1. The molecule has 1 atom stereocenters. The van der Waals surface area contributed by atoms with Gasteiger partial charge in [-0.15, -0.1) is 10.2 Å². The number of amides is 1. The minimum absolute atomic E-state index is 0.259. The molecule has 0 N–H and O–H groups in total. The molecule has 0 unspecified atom stereocenters. The molecule has 0 radical (unpaired) electrons. The standard InChI is InChI=1S/C18H30N4O2/c1-2-24-13-7-10-17(23)21-11-6-8-15(14-21)18-20-19-16-9-4-3-5-12-22(16)18/h15H,2-14H2,1H3/t15-/m0/s1. The van der Waals surface area contributed by atoms with E-state index in [-0.39, 0.29) is 5.91 Å². The van der Waals surface area contributed by atoms with Gasteiger partial charge in [0, 0.05) is 51.6 Å². The van der Waals surface area contributed by atoms with Gasteiger partial charge in [-0.1, -0.05) is 6.42 Å². The van der Waals surface area contributed by atoms with Gasteiger partial charge in [0.25, 0.3) is 0 Å². The maximum absolute atomic E-state index is 12.4. The minimum Gasteiger partial charge on any atom is -0.382 e. The summed E-state index contributed by atoms with van der Waals surface area (Å²) < 4.78 is 7.67. The lowest BCUT2D eigenvalue weighted by Gasteiger charge is -2.32. The van der Waals surface area contributed by atoms with Crippen LogP contribution in [0.1, 0.15) is 69.4 Å². The zero-order valence-corrected chi connectivity index (χ0v) is 14.9. The number of fused-ring (bicyclic) bond motifs is 1. The summed E-state index contributed by atoms with van der Waals surface area (Å²) >= 11 is 0. The van der Waals surface area contributed by atoms with Crippen molar-refractivity contribution in [1.82, 2.24) is 19.7 Å². The van der Waals surface area contributed by atoms with Crippen LogP contribution in [-0.2, 0) is 22.5 Å². The second-order valence-corrected chi connectivity index (χ2v) is 6.92. The van der Waals surface area contributed by atoms with E-state index < -0.39 is 0 Å². The van der Waals surface area contributed by atoms with Crippen molar-refractivity contribution in [1.29, 1.82) is 0 Å². The molecule has 0 bridgehead atoms. The predicted molar refractivity (Wildman–Crippen MR) is 91.9 cm³/mol. The van der Waals surface area contributed by atoms with Gasteiger partial charge in [-0.25, -0.2) is 0 Å². The number of carbonyl (C=O) groups excluding carboxylic acids is 1. The van der Waals surface area contributed by atoms with Crippen molar-refractivity contribution in [3.05, 3.63) is 11.6 Å². The number of piperidine rings is 1. The quantitative estimate of drug-likeness (QED) is 0.750. The normalized spacial score (nSPS) is 21.4. The molecule has 24 heavy (non-hydrogen) atoms.